The number of carbonyl (C=O) groups is 1. The number of thioether (sulfide) groups is 1. The van der Waals surface area contributed by atoms with E-state index in [-0.39, 0.29) is 5.75 Å². The standard InChI is InChI=1S/C12H11N5O2S/c1-16-5-3-10(15-16)17-9-2-4-13-6-8(9)14-12(17)20-7-11(18)19/h2-6H,7H2,1H3,(H,18,19). The summed E-state index contributed by atoms with van der Waals surface area (Å²) < 4.78 is 3.53. The lowest BCUT2D eigenvalue weighted by Gasteiger charge is -2.04. The lowest BCUT2D eigenvalue weighted by atomic mass is 10.4. The third-order valence-corrected chi connectivity index (χ3v) is 3.60. The lowest BCUT2D eigenvalue weighted by Crippen LogP contribution is -2.02. The topological polar surface area (TPSA) is 85.8 Å². The van der Waals surface area contributed by atoms with E-state index in [9.17, 15) is 4.79 Å². The van der Waals surface area contributed by atoms with Crippen LogP contribution in [0.3, 0.4) is 0 Å². The maximum Gasteiger partial charge on any atom is 0.313 e. The van der Waals surface area contributed by atoms with Gasteiger partial charge in [0.05, 0.1) is 17.5 Å². The minimum atomic E-state index is -0.882. The number of pyridine rings is 1. The van der Waals surface area contributed by atoms with Crippen LogP contribution in [0.1, 0.15) is 0 Å². The van der Waals surface area contributed by atoms with Gasteiger partial charge in [-0.25, -0.2) is 4.98 Å². The smallest absolute Gasteiger partial charge is 0.313 e. The van der Waals surface area contributed by atoms with Crippen LogP contribution in [0.2, 0.25) is 0 Å². The fraction of sp³-hybridized carbons (Fsp3) is 0.167. The van der Waals surface area contributed by atoms with Gasteiger partial charge >= 0.3 is 5.97 Å². The predicted octanol–water partition coefficient (Wildman–Crippen LogP) is 1.33. The fourth-order valence-electron chi connectivity index (χ4n) is 1.88. The molecular formula is C12H11N5O2S. The molecule has 0 bridgehead atoms. The highest BCUT2D eigenvalue weighted by molar-refractivity contribution is 7.99. The first-order valence-electron chi connectivity index (χ1n) is 5.82. The molecule has 102 valence electrons. The average Bonchev–Trinajstić information content (AvgIpc) is 2.99. The summed E-state index contributed by atoms with van der Waals surface area (Å²) in [5, 5.41) is 13.8. The van der Waals surface area contributed by atoms with Gasteiger partial charge in [-0.05, 0) is 6.07 Å². The van der Waals surface area contributed by atoms with E-state index in [0.29, 0.717) is 16.5 Å². The monoisotopic (exact) mass is 289 g/mol. The molecule has 20 heavy (non-hydrogen) atoms. The second-order valence-corrected chi connectivity index (χ2v) is 5.07. The van der Waals surface area contributed by atoms with Crippen LogP contribution in [0.5, 0.6) is 0 Å². The number of aliphatic carboxylic acids is 1. The number of rotatable bonds is 4. The summed E-state index contributed by atoms with van der Waals surface area (Å²) in [6.07, 6.45) is 5.16. The second kappa shape index (κ2) is 4.97. The molecule has 0 saturated carbocycles. The van der Waals surface area contributed by atoms with E-state index in [4.69, 9.17) is 5.11 Å². The molecule has 3 rings (SSSR count). The molecule has 1 N–H and O–H groups in total. The van der Waals surface area contributed by atoms with Crippen LogP contribution in [0.15, 0.2) is 35.9 Å². The number of aromatic nitrogens is 5. The Hall–Kier alpha value is -2.35. The summed E-state index contributed by atoms with van der Waals surface area (Å²) in [4.78, 5) is 19.2. The molecule has 3 aromatic heterocycles. The number of hydrogen-bond acceptors (Lipinski definition) is 5. The average molecular weight is 289 g/mol. The number of fused-ring (bicyclic) bond motifs is 1. The maximum atomic E-state index is 10.7. The largest absolute Gasteiger partial charge is 0.481 e. The Labute approximate surface area is 118 Å². The Bertz CT molecular complexity index is 779. The summed E-state index contributed by atoms with van der Waals surface area (Å²) in [6, 6.07) is 3.69. The highest BCUT2D eigenvalue weighted by Crippen LogP contribution is 2.26. The van der Waals surface area contributed by atoms with Crippen LogP contribution in [0.25, 0.3) is 16.9 Å². The number of imidazole rings is 1. The lowest BCUT2D eigenvalue weighted by molar-refractivity contribution is -0.133. The number of aryl methyl sites for hydroxylation is 1. The third kappa shape index (κ3) is 2.25. The molecule has 0 radical (unpaired) electrons. The van der Waals surface area contributed by atoms with E-state index in [1.807, 2.05) is 29.9 Å². The molecule has 8 heteroatoms. The SMILES string of the molecule is Cn1ccc(-n2c(SCC(=O)O)nc3cnccc32)n1. The van der Waals surface area contributed by atoms with Gasteiger partial charge in [0.25, 0.3) is 0 Å². The van der Waals surface area contributed by atoms with E-state index in [0.717, 1.165) is 17.3 Å². The van der Waals surface area contributed by atoms with Gasteiger partial charge in [0.15, 0.2) is 11.0 Å². The van der Waals surface area contributed by atoms with Gasteiger partial charge in [0.1, 0.15) is 5.52 Å². The van der Waals surface area contributed by atoms with Gasteiger partial charge < -0.3 is 5.11 Å². The van der Waals surface area contributed by atoms with Crippen LogP contribution in [-0.4, -0.2) is 41.1 Å². The molecule has 0 atom stereocenters. The normalized spacial score (nSPS) is 11.1. The van der Waals surface area contributed by atoms with Gasteiger partial charge in [0, 0.05) is 25.5 Å². The highest BCUT2D eigenvalue weighted by atomic mass is 32.2. The van der Waals surface area contributed by atoms with Gasteiger partial charge in [-0.15, -0.1) is 0 Å². The quantitative estimate of drug-likeness (QED) is 0.729. The number of carboxylic acid groups (broad SMARTS) is 1. The van der Waals surface area contributed by atoms with Gasteiger partial charge in [-0.3, -0.25) is 19.0 Å². The molecule has 3 aromatic rings. The molecule has 0 aromatic carbocycles. The maximum absolute atomic E-state index is 10.7. The molecular weight excluding hydrogens is 278 g/mol. The van der Waals surface area contributed by atoms with Crippen molar-refractivity contribution in [2.75, 3.05) is 5.75 Å². The Kier molecular flexibility index (Phi) is 3.15. The Morgan fingerprint density at radius 2 is 2.30 bits per heavy atom. The predicted molar refractivity (Wildman–Crippen MR) is 74.0 cm³/mol. The number of nitrogens with zero attached hydrogens (tertiary/aromatic N) is 5. The first-order chi connectivity index (χ1) is 9.65. The van der Waals surface area contributed by atoms with Crippen LogP contribution in [0.4, 0.5) is 0 Å². The summed E-state index contributed by atoms with van der Waals surface area (Å²) in [5.41, 5.74) is 1.57. The molecule has 0 aliphatic carbocycles. The second-order valence-electron chi connectivity index (χ2n) is 4.12. The molecule has 0 aliphatic rings. The Morgan fingerprint density at radius 3 is 3.00 bits per heavy atom. The summed E-state index contributed by atoms with van der Waals surface area (Å²) >= 11 is 1.16. The zero-order chi connectivity index (χ0) is 14.1. The number of hydrogen-bond donors (Lipinski definition) is 1. The van der Waals surface area contributed by atoms with Crippen molar-refractivity contribution in [3.63, 3.8) is 0 Å². The van der Waals surface area contributed by atoms with E-state index >= 15 is 0 Å². The van der Waals surface area contributed by atoms with Crippen molar-refractivity contribution in [1.29, 1.82) is 0 Å². The van der Waals surface area contributed by atoms with Crippen molar-refractivity contribution in [2.24, 2.45) is 7.05 Å². The van der Waals surface area contributed by atoms with Crippen molar-refractivity contribution in [3.05, 3.63) is 30.7 Å². The van der Waals surface area contributed by atoms with Crippen LogP contribution in [-0.2, 0) is 11.8 Å². The molecule has 0 fully saturated rings. The molecule has 0 aliphatic heterocycles. The minimum Gasteiger partial charge on any atom is -0.481 e. The van der Waals surface area contributed by atoms with Gasteiger partial charge in [0.2, 0.25) is 0 Å². The summed E-state index contributed by atoms with van der Waals surface area (Å²) in [7, 11) is 1.83. The molecule has 0 saturated heterocycles. The van der Waals surface area contributed by atoms with Crippen molar-refractivity contribution in [2.45, 2.75) is 5.16 Å². The molecule has 0 unspecified atom stereocenters. The van der Waals surface area contributed by atoms with Crippen molar-refractivity contribution < 1.29 is 9.90 Å². The van der Waals surface area contributed by atoms with E-state index < -0.39 is 5.97 Å². The van der Waals surface area contributed by atoms with E-state index in [1.54, 1.807) is 17.1 Å². The van der Waals surface area contributed by atoms with Crippen LogP contribution >= 0.6 is 11.8 Å². The van der Waals surface area contributed by atoms with Crippen LogP contribution in [0, 0.1) is 0 Å². The first kappa shape index (κ1) is 12.7. The van der Waals surface area contributed by atoms with Crippen molar-refractivity contribution in [3.8, 4) is 5.82 Å². The van der Waals surface area contributed by atoms with E-state index in [1.165, 1.54) is 0 Å². The first-order valence-corrected chi connectivity index (χ1v) is 6.81. The molecule has 3 heterocycles. The highest BCUT2D eigenvalue weighted by Gasteiger charge is 2.15. The van der Waals surface area contributed by atoms with Crippen molar-refractivity contribution >= 4 is 28.8 Å². The molecule has 0 spiro atoms. The summed E-state index contributed by atoms with van der Waals surface area (Å²) in [5.74, 6) is -0.231. The van der Waals surface area contributed by atoms with Crippen molar-refractivity contribution in [1.82, 2.24) is 24.3 Å². The van der Waals surface area contributed by atoms with E-state index in [2.05, 4.69) is 15.1 Å². The summed E-state index contributed by atoms with van der Waals surface area (Å²) in [6.45, 7) is 0. The minimum absolute atomic E-state index is 0.0520. The van der Waals surface area contributed by atoms with Gasteiger partial charge in [-0.2, -0.15) is 5.10 Å². The fourth-order valence-corrected chi connectivity index (χ4v) is 2.61. The Morgan fingerprint density at radius 1 is 1.45 bits per heavy atom. The third-order valence-electron chi connectivity index (χ3n) is 2.68. The van der Waals surface area contributed by atoms with Crippen LogP contribution < -0.4 is 0 Å². The van der Waals surface area contributed by atoms with Gasteiger partial charge in [-0.1, -0.05) is 11.8 Å². The Balaban J connectivity index is 2.15. The zero-order valence-corrected chi connectivity index (χ0v) is 11.4. The molecule has 7 nitrogen and oxygen atoms in total. The zero-order valence-electron chi connectivity index (χ0n) is 10.6. The molecule has 0 amide bonds. The number of carboxylic acids is 1.